The second-order valence-electron chi connectivity index (χ2n) is 4.50. The van der Waals surface area contributed by atoms with E-state index in [1.165, 1.54) is 12.8 Å². The van der Waals surface area contributed by atoms with Gasteiger partial charge in [-0.25, -0.2) is 9.97 Å². The van der Waals surface area contributed by atoms with Crippen LogP contribution in [0.1, 0.15) is 31.7 Å². The molecular weight excluding hydrogens is 228 g/mol. The highest BCUT2D eigenvalue weighted by atomic mass is 16.5. The van der Waals surface area contributed by atoms with Gasteiger partial charge in [0, 0.05) is 25.8 Å². The normalized spacial score (nSPS) is 18.9. The van der Waals surface area contributed by atoms with E-state index < -0.39 is 0 Å². The maximum Gasteiger partial charge on any atom is 0.134 e. The van der Waals surface area contributed by atoms with E-state index in [9.17, 15) is 0 Å². The highest BCUT2D eigenvalue weighted by molar-refractivity contribution is 5.56. The van der Waals surface area contributed by atoms with Crippen molar-refractivity contribution in [3.63, 3.8) is 0 Å². The monoisotopic (exact) mass is 250 g/mol. The third kappa shape index (κ3) is 3.10. The Bertz CT molecular complexity index is 377. The van der Waals surface area contributed by atoms with Crippen LogP contribution in [-0.2, 0) is 11.2 Å². The predicted molar refractivity (Wildman–Crippen MR) is 73.0 cm³/mol. The maximum atomic E-state index is 5.61. The number of hydrogen-bond donors (Lipinski definition) is 2. The summed E-state index contributed by atoms with van der Waals surface area (Å²) in [6.45, 7) is 3.94. The molecule has 2 heterocycles. The quantitative estimate of drug-likeness (QED) is 0.809. The van der Waals surface area contributed by atoms with Gasteiger partial charge < -0.3 is 15.4 Å². The molecule has 1 atom stereocenters. The first-order valence-electron chi connectivity index (χ1n) is 6.72. The van der Waals surface area contributed by atoms with Gasteiger partial charge in [0.2, 0.25) is 0 Å². The summed E-state index contributed by atoms with van der Waals surface area (Å²) in [5.41, 5.74) is 1.15. The van der Waals surface area contributed by atoms with Crippen molar-refractivity contribution in [3.05, 3.63) is 11.9 Å². The van der Waals surface area contributed by atoms with E-state index in [1.54, 1.807) is 6.33 Å². The molecule has 1 aromatic rings. The van der Waals surface area contributed by atoms with Crippen LogP contribution in [0.4, 0.5) is 11.6 Å². The Morgan fingerprint density at radius 2 is 2.22 bits per heavy atom. The largest absolute Gasteiger partial charge is 0.378 e. The first-order chi connectivity index (χ1) is 8.85. The van der Waals surface area contributed by atoms with Crippen LogP contribution >= 0.6 is 0 Å². The van der Waals surface area contributed by atoms with E-state index in [-0.39, 0.29) is 0 Å². The second-order valence-corrected chi connectivity index (χ2v) is 4.50. The lowest BCUT2D eigenvalue weighted by molar-refractivity contribution is 0.107. The van der Waals surface area contributed by atoms with Crippen molar-refractivity contribution >= 4 is 11.6 Å². The van der Waals surface area contributed by atoms with Crippen molar-refractivity contribution < 1.29 is 4.74 Å². The molecule has 0 bridgehead atoms. The van der Waals surface area contributed by atoms with E-state index in [4.69, 9.17) is 4.74 Å². The van der Waals surface area contributed by atoms with Crippen LogP contribution in [0.25, 0.3) is 0 Å². The van der Waals surface area contributed by atoms with Crippen molar-refractivity contribution in [2.24, 2.45) is 0 Å². The Hall–Kier alpha value is -1.36. The van der Waals surface area contributed by atoms with Crippen molar-refractivity contribution in [3.8, 4) is 0 Å². The van der Waals surface area contributed by atoms with Crippen molar-refractivity contribution in [2.75, 3.05) is 30.8 Å². The topological polar surface area (TPSA) is 59.1 Å². The fourth-order valence-corrected chi connectivity index (χ4v) is 2.34. The SMILES string of the molecule is CCc1c(NC)ncnc1NCCC1CCCO1. The molecule has 5 heteroatoms. The molecule has 18 heavy (non-hydrogen) atoms. The van der Waals surface area contributed by atoms with Crippen molar-refractivity contribution in [2.45, 2.75) is 38.7 Å². The smallest absolute Gasteiger partial charge is 0.134 e. The molecule has 1 aliphatic rings. The molecule has 1 aromatic heterocycles. The number of ether oxygens (including phenoxy) is 1. The summed E-state index contributed by atoms with van der Waals surface area (Å²) in [5.74, 6) is 1.85. The van der Waals surface area contributed by atoms with Gasteiger partial charge in [-0.15, -0.1) is 0 Å². The molecule has 2 rings (SSSR count). The number of aromatic nitrogens is 2. The Labute approximate surface area is 108 Å². The van der Waals surface area contributed by atoms with Crippen LogP contribution in [0, 0.1) is 0 Å². The Kier molecular flexibility index (Phi) is 4.75. The number of nitrogens with one attached hydrogen (secondary N) is 2. The van der Waals surface area contributed by atoms with Crippen LogP contribution in [0.3, 0.4) is 0 Å². The molecule has 0 amide bonds. The summed E-state index contributed by atoms with van der Waals surface area (Å²) in [6.07, 6.45) is 6.37. The third-order valence-electron chi connectivity index (χ3n) is 3.32. The van der Waals surface area contributed by atoms with E-state index in [1.807, 2.05) is 7.05 Å². The highest BCUT2D eigenvalue weighted by Gasteiger charge is 2.15. The molecule has 5 nitrogen and oxygen atoms in total. The number of anilines is 2. The van der Waals surface area contributed by atoms with Crippen LogP contribution in [0.15, 0.2) is 6.33 Å². The summed E-state index contributed by atoms with van der Waals surface area (Å²) in [5, 5.41) is 6.50. The Morgan fingerprint density at radius 3 is 2.89 bits per heavy atom. The fraction of sp³-hybridized carbons (Fsp3) is 0.692. The molecule has 1 aliphatic heterocycles. The molecular formula is C13H22N4O. The number of rotatable bonds is 6. The lowest BCUT2D eigenvalue weighted by Crippen LogP contribution is -2.14. The first-order valence-corrected chi connectivity index (χ1v) is 6.72. The summed E-state index contributed by atoms with van der Waals surface area (Å²) in [4.78, 5) is 8.55. The van der Waals surface area contributed by atoms with Crippen LogP contribution in [-0.4, -0.2) is 36.3 Å². The van der Waals surface area contributed by atoms with Crippen LogP contribution < -0.4 is 10.6 Å². The summed E-state index contributed by atoms with van der Waals surface area (Å²) >= 11 is 0. The zero-order valence-corrected chi connectivity index (χ0v) is 11.2. The van der Waals surface area contributed by atoms with Crippen LogP contribution in [0.5, 0.6) is 0 Å². The van der Waals surface area contributed by atoms with Gasteiger partial charge in [0.05, 0.1) is 6.10 Å². The average Bonchev–Trinajstić information content (AvgIpc) is 2.91. The molecule has 100 valence electrons. The Morgan fingerprint density at radius 1 is 1.39 bits per heavy atom. The highest BCUT2D eigenvalue weighted by Crippen LogP contribution is 2.20. The van der Waals surface area contributed by atoms with Gasteiger partial charge in [0.1, 0.15) is 18.0 Å². The second kappa shape index (κ2) is 6.54. The molecule has 0 aliphatic carbocycles. The van der Waals surface area contributed by atoms with Gasteiger partial charge in [-0.2, -0.15) is 0 Å². The third-order valence-corrected chi connectivity index (χ3v) is 3.32. The average molecular weight is 250 g/mol. The zero-order valence-electron chi connectivity index (χ0n) is 11.2. The first kappa shape index (κ1) is 13.1. The molecule has 0 saturated carbocycles. The summed E-state index contributed by atoms with van der Waals surface area (Å²) in [7, 11) is 1.89. The van der Waals surface area contributed by atoms with Crippen molar-refractivity contribution in [1.29, 1.82) is 0 Å². The van der Waals surface area contributed by atoms with Crippen molar-refractivity contribution in [1.82, 2.24) is 9.97 Å². The van der Waals surface area contributed by atoms with Gasteiger partial charge >= 0.3 is 0 Å². The number of hydrogen-bond acceptors (Lipinski definition) is 5. The van der Waals surface area contributed by atoms with Gasteiger partial charge in [0.25, 0.3) is 0 Å². The van der Waals surface area contributed by atoms with E-state index in [0.29, 0.717) is 6.10 Å². The molecule has 0 spiro atoms. The minimum atomic E-state index is 0.424. The molecule has 1 fully saturated rings. The van der Waals surface area contributed by atoms with Gasteiger partial charge in [-0.1, -0.05) is 6.92 Å². The lowest BCUT2D eigenvalue weighted by atomic mass is 10.1. The van der Waals surface area contributed by atoms with Gasteiger partial charge in [-0.3, -0.25) is 0 Å². The van der Waals surface area contributed by atoms with E-state index >= 15 is 0 Å². The van der Waals surface area contributed by atoms with Crippen LogP contribution in [0.2, 0.25) is 0 Å². The summed E-state index contributed by atoms with van der Waals surface area (Å²) < 4.78 is 5.61. The minimum absolute atomic E-state index is 0.424. The molecule has 0 radical (unpaired) electrons. The zero-order chi connectivity index (χ0) is 12.8. The fourth-order valence-electron chi connectivity index (χ4n) is 2.34. The standard InChI is InChI=1S/C13H22N4O/c1-3-11-12(14-2)16-9-17-13(11)15-7-6-10-5-4-8-18-10/h9-10H,3-8H2,1-2H3,(H2,14,15,16,17). The minimum Gasteiger partial charge on any atom is -0.378 e. The van der Waals surface area contributed by atoms with E-state index in [2.05, 4.69) is 27.5 Å². The lowest BCUT2D eigenvalue weighted by Gasteiger charge is -2.14. The Balaban J connectivity index is 1.91. The van der Waals surface area contributed by atoms with E-state index in [0.717, 1.165) is 43.2 Å². The summed E-state index contributed by atoms with van der Waals surface area (Å²) in [6, 6.07) is 0. The maximum absolute atomic E-state index is 5.61. The van der Waals surface area contributed by atoms with Gasteiger partial charge in [0.15, 0.2) is 0 Å². The molecule has 1 saturated heterocycles. The molecule has 0 aromatic carbocycles. The number of nitrogens with zero attached hydrogens (tertiary/aromatic N) is 2. The molecule has 1 unspecified atom stereocenters. The molecule has 2 N–H and O–H groups in total. The van der Waals surface area contributed by atoms with Gasteiger partial charge in [-0.05, 0) is 25.7 Å². The predicted octanol–water partition coefficient (Wildman–Crippen LogP) is 2.06.